The molecule has 124 valence electrons. The highest BCUT2D eigenvalue weighted by Crippen LogP contribution is 2.28. The largest absolute Gasteiger partial charge is 0.337 e. The Morgan fingerprint density at radius 2 is 1.60 bits per heavy atom. The first-order chi connectivity index (χ1) is 12.3. The summed E-state index contributed by atoms with van der Waals surface area (Å²) in [4.78, 5) is 19.8. The second-order valence-corrected chi connectivity index (χ2v) is 6.38. The van der Waals surface area contributed by atoms with Gasteiger partial charge in [-0.15, -0.1) is 0 Å². The molecule has 3 nitrogen and oxygen atoms in total. The van der Waals surface area contributed by atoms with Gasteiger partial charge >= 0.3 is 0 Å². The van der Waals surface area contributed by atoms with Crippen LogP contribution in [0.1, 0.15) is 28.3 Å². The molecule has 1 aliphatic rings. The minimum absolute atomic E-state index is 0.124. The molecule has 25 heavy (non-hydrogen) atoms. The Bertz CT molecular complexity index is 822. The lowest BCUT2D eigenvalue weighted by molar-refractivity contribution is -0.132. The molecule has 0 saturated carbocycles. The number of benzene rings is 2. The third-order valence-corrected chi connectivity index (χ3v) is 4.81. The summed E-state index contributed by atoms with van der Waals surface area (Å²) in [6, 6.07) is 24.1. The van der Waals surface area contributed by atoms with E-state index >= 15 is 0 Å². The highest BCUT2D eigenvalue weighted by molar-refractivity contribution is 5.87. The van der Waals surface area contributed by atoms with E-state index in [0.29, 0.717) is 6.54 Å². The van der Waals surface area contributed by atoms with Crippen molar-refractivity contribution >= 4 is 5.91 Å². The normalized spacial score (nSPS) is 14.6. The Morgan fingerprint density at radius 1 is 0.880 bits per heavy atom. The predicted molar refractivity (Wildman–Crippen MR) is 98.1 cm³/mol. The molecule has 1 atom stereocenters. The van der Waals surface area contributed by atoms with Gasteiger partial charge in [-0.25, -0.2) is 0 Å². The molecule has 0 bridgehead atoms. The highest BCUT2D eigenvalue weighted by Gasteiger charge is 2.30. The molecule has 2 heterocycles. The van der Waals surface area contributed by atoms with Crippen LogP contribution in [0.15, 0.2) is 79.0 Å². The zero-order chi connectivity index (χ0) is 17.1. The third kappa shape index (κ3) is 3.18. The number of amides is 1. The van der Waals surface area contributed by atoms with Gasteiger partial charge in [-0.1, -0.05) is 60.7 Å². The Kier molecular flexibility index (Phi) is 4.30. The standard InChI is InChI=1S/C22H20N2O/c25-22(24-15-13-17-8-4-5-11-19(17)16-24)21(18-9-2-1-3-10-18)20-12-6-7-14-23-20/h1-12,14,21H,13,15-16H2. The third-order valence-electron chi connectivity index (χ3n) is 4.81. The van der Waals surface area contributed by atoms with E-state index in [1.54, 1.807) is 6.20 Å². The molecule has 0 N–H and O–H groups in total. The number of fused-ring (bicyclic) bond motifs is 1. The van der Waals surface area contributed by atoms with Crippen LogP contribution in [0.25, 0.3) is 0 Å². The monoisotopic (exact) mass is 328 g/mol. The molecule has 1 amide bonds. The van der Waals surface area contributed by atoms with Crippen LogP contribution < -0.4 is 0 Å². The minimum Gasteiger partial charge on any atom is -0.337 e. The van der Waals surface area contributed by atoms with E-state index in [4.69, 9.17) is 0 Å². The van der Waals surface area contributed by atoms with Gasteiger partial charge in [-0.3, -0.25) is 9.78 Å². The fraction of sp³-hybridized carbons (Fsp3) is 0.182. The van der Waals surface area contributed by atoms with Crippen molar-refractivity contribution in [2.24, 2.45) is 0 Å². The van der Waals surface area contributed by atoms with E-state index in [0.717, 1.165) is 24.2 Å². The molecule has 3 aromatic rings. The van der Waals surface area contributed by atoms with Gasteiger partial charge < -0.3 is 4.90 Å². The minimum atomic E-state index is -0.354. The highest BCUT2D eigenvalue weighted by atomic mass is 16.2. The van der Waals surface area contributed by atoms with Crippen molar-refractivity contribution in [3.63, 3.8) is 0 Å². The number of aromatic nitrogens is 1. The summed E-state index contributed by atoms with van der Waals surface area (Å²) in [5.74, 6) is -0.230. The van der Waals surface area contributed by atoms with Gasteiger partial charge in [0.2, 0.25) is 5.91 Å². The average Bonchev–Trinajstić information content (AvgIpc) is 2.69. The Balaban J connectivity index is 1.67. The van der Waals surface area contributed by atoms with Gasteiger partial charge in [-0.05, 0) is 35.2 Å². The fourth-order valence-electron chi connectivity index (χ4n) is 3.50. The van der Waals surface area contributed by atoms with Crippen LogP contribution in [-0.2, 0) is 17.8 Å². The summed E-state index contributed by atoms with van der Waals surface area (Å²) in [7, 11) is 0. The first-order valence-electron chi connectivity index (χ1n) is 8.64. The number of pyridine rings is 1. The van der Waals surface area contributed by atoms with Gasteiger partial charge in [0.05, 0.1) is 5.69 Å². The number of hydrogen-bond donors (Lipinski definition) is 0. The lowest BCUT2D eigenvalue weighted by Crippen LogP contribution is -2.39. The SMILES string of the molecule is O=C(C(c1ccccc1)c1ccccn1)N1CCc2ccccc2C1. The summed E-state index contributed by atoms with van der Waals surface area (Å²) in [6.45, 7) is 1.43. The average molecular weight is 328 g/mol. The summed E-state index contributed by atoms with van der Waals surface area (Å²) >= 11 is 0. The van der Waals surface area contributed by atoms with Crippen LogP contribution in [0, 0.1) is 0 Å². The maximum absolute atomic E-state index is 13.4. The Hall–Kier alpha value is -2.94. The van der Waals surface area contributed by atoms with Gasteiger partial charge in [-0.2, -0.15) is 0 Å². The molecule has 0 aliphatic carbocycles. The van der Waals surface area contributed by atoms with Gasteiger partial charge in [0.25, 0.3) is 0 Å². The van der Waals surface area contributed by atoms with E-state index in [-0.39, 0.29) is 11.8 Å². The van der Waals surface area contributed by atoms with E-state index in [1.165, 1.54) is 11.1 Å². The Labute approximate surface area is 148 Å². The topological polar surface area (TPSA) is 33.2 Å². The maximum atomic E-state index is 13.4. The van der Waals surface area contributed by atoms with Crippen LogP contribution in [0.2, 0.25) is 0 Å². The molecule has 2 aromatic carbocycles. The summed E-state index contributed by atoms with van der Waals surface area (Å²) < 4.78 is 0. The second kappa shape index (κ2) is 6.89. The first kappa shape index (κ1) is 15.6. The molecule has 0 radical (unpaired) electrons. The van der Waals surface area contributed by atoms with Crippen molar-refractivity contribution < 1.29 is 4.79 Å². The van der Waals surface area contributed by atoms with E-state index in [1.807, 2.05) is 59.5 Å². The van der Waals surface area contributed by atoms with Crippen LogP contribution in [-0.4, -0.2) is 22.3 Å². The zero-order valence-corrected chi connectivity index (χ0v) is 14.0. The van der Waals surface area contributed by atoms with Crippen LogP contribution >= 0.6 is 0 Å². The molecule has 0 saturated heterocycles. The van der Waals surface area contributed by atoms with E-state index in [9.17, 15) is 4.79 Å². The van der Waals surface area contributed by atoms with Crippen molar-refractivity contribution in [1.29, 1.82) is 0 Å². The maximum Gasteiger partial charge on any atom is 0.236 e. The number of carbonyl (C=O) groups is 1. The van der Waals surface area contributed by atoms with Gasteiger partial charge in [0.1, 0.15) is 5.92 Å². The molecule has 1 aliphatic heterocycles. The summed E-state index contributed by atoms with van der Waals surface area (Å²) in [5.41, 5.74) is 4.39. The van der Waals surface area contributed by atoms with Crippen LogP contribution in [0.3, 0.4) is 0 Å². The van der Waals surface area contributed by atoms with Crippen molar-refractivity contribution in [2.75, 3.05) is 6.54 Å². The lowest BCUT2D eigenvalue weighted by atomic mass is 9.92. The van der Waals surface area contributed by atoms with Crippen molar-refractivity contribution in [1.82, 2.24) is 9.88 Å². The van der Waals surface area contributed by atoms with Gasteiger partial charge in [0, 0.05) is 19.3 Å². The summed E-state index contributed by atoms with van der Waals surface area (Å²) in [6.07, 6.45) is 2.66. The number of carbonyl (C=O) groups excluding carboxylic acids is 1. The number of nitrogens with zero attached hydrogens (tertiary/aromatic N) is 2. The Morgan fingerprint density at radius 3 is 2.36 bits per heavy atom. The van der Waals surface area contributed by atoms with Crippen molar-refractivity contribution in [3.05, 3.63) is 101 Å². The lowest BCUT2D eigenvalue weighted by Gasteiger charge is -2.32. The van der Waals surface area contributed by atoms with E-state index in [2.05, 4.69) is 23.2 Å². The zero-order valence-electron chi connectivity index (χ0n) is 14.0. The van der Waals surface area contributed by atoms with Crippen LogP contribution in [0.4, 0.5) is 0 Å². The second-order valence-electron chi connectivity index (χ2n) is 6.38. The molecule has 1 aromatic heterocycles. The van der Waals surface area contributed by atoms with Crippen molar-refractivity contribution in [2.45, 2.75) is 18.9 Å². The van der Waals surface area contributed by atoms with Crippen molar-refractivity contribution in [3.8, 4) is 0 Å². The molecule has 3 heteroatoms. The van der Waals surface area contributed by atoms with Gasteiger partial charge in [0.15, 0.2) is 0 Å². The fourth-order valence-corrected chi connectivity index (χ4v) is 3.50. The molecular weight excluding hydrogens is 308 g/mol. The number of hydrogen-bond acceptors (Lipinski definition) is 2. The molecule has 0 fully saturated rings. The van der Waals surface area contributed by atoms with Crippen LogP contribution in [0.5, 0.6) is 0 Å². The summed E-state index contributed by atoms with van der Waals surface area (Å²) in [5, 5.41) is 0. The first-order valence-corrected chi connectivity index (χ1v) is 8.64. The smallest absolute Gasteiger partial charge is 0.236 e. The quantitative estimate of drug-likeness (QED) is 0.733. The van der Waals surface area contributed by atoms with E-state index < -0.39 is 0 Å². The number of rotatable bonds is 3. The molecule has 4 rings (SSSR count). The molecule has 1 unspecified atom stereocenters. The molecule has 0 spiro atoms. The predicted octanol–water partition coefficient (Wildman–Crippen LogP) is 3.80. The molecular formula is C22H20N2O.